The largest absolute Gasteiger partial charge is 0.481 e. The Morgan fingerprint density at radius 2 is 2.40 bits per heavy atom. The van der Waals surface area contributed by atoms with E-state index in [1.54, 1.807) is 22.7 Å². The molecule has 2 rings (SSSR count). The van der Waals surface area contributed by atoms with Crippen LogP contribution in [0.25, 0.3) is 5.52 Å². The molecule has 0 atom stereocenters. The minimum Gasteiger partial charge on any atom is -0.481 e. The summed E-state index contributed by atoms with van der Waals surface area (Å²) in [5, 5.41) is 8.93. The van der Waals surface area contributed by atoms with Crippen molar-refractivity contribution in [1.82, 2.24) is 9.38 Å². The van der Waals surface area contributed by atoms with E-state index in [0.717, 1.165) is 0 Å². The maximum absolute atomic E-state index is 10.6. The molecule has 3 N–H and O–H groups in total. The molecular weight excluding hydrogens is 218 g/mol. The van der Waals surface area contributed by atoms with Crippen LogP contribution in [-0.2, 0) is 11.2 Å². The van der Waals surface area contributed by atoms with Gasteiger partial charge in [-0.25, -0.2) is 4.98 Å². The van der Waals surface area contributed by atoms with Crippen LogP contribution in [0.3, 0.4) is 0 Å². The highest BCUT2D eigenvalue weighted by Gasteiger charge is 2.11. The lowest BCUT2D eigenvalue weighted by Gasteiger charge is -1.98. The van der Waals surface area contributed by atoms with Crippen molar-refractivity contribution in [3.63, 3.8) is 0 Å². The number of carboxylic acids is 1. The lowest BCUT2D eigenvalue weighted by atomic mass is 10.3. The van der Waals surface area contributed by atoms with Gasteiger partial charge in [-0.15, -0.1) is 0 Å². The molecule has 6 heteroatoms. The van der Waals surface area contributed by atoms with Gasteiger partial charge >= 0.3 is 5.97 Å². The third-order valence-corrected chi connectivity index (χ3v) is 2.28. The van der Waals surface area contributed by atoms with Gasteiger partial charge < -0.3 is 15.2 Å². The van der Waals surface area contributed by atoms with Gasteiger partial charge in [0.25, 0.3) is 0 Å². The van der Waals surface area contributed by atoms with E-state index in [1.807, 2.05) is 0 Å². The Balaban J connectivity index is 2.62. The SMILES string of the molecule is Nc1ccn2c(CC(=O)O)nc(Cl)c2c1. The molecular formula is C9H8ClN3O2. The maximum atomic E-state index is 10.6. The number of carbonyl (C=O) groups is 1. The zero-order valence-corrected chi connectivity index (χ0v) is 8.40. The van der Waals surface area contributed by atoms with Crippen molar-refractivity contribution in [2.75, 3.05) is 5.73 Å². The van der Waals surface area contributed by atoms with E-state index in [2.05, 4.69) is 4.98 Å². The van der Waals surface area contributed by atoms with E-state index in [0.29, 0.717) is 17.0 Å². The Bertz CT molecular complexity index is 535. The van der Waals surface area contributed by atoms with Crippen molar-refractivity contribution in [3.05, 3.63) is 29.3 Å². The highest BCUT2D eigenvalue weighted by Crippen LogP contribution is 2.20. The van der Waals surface area contributed by atoms with Crippen molar-refractivity contribution < 1.29 is 9.90 Å². The number of halogens is 1. The molecule has 15 heavy (non-hydrogen) atoms. The number of fused-ring (bicyclic) bond motifs is 1. The van der Waals surface area contributed by atoms with E-state index in [4.69, 9.17) is 22.4 Å². The summed E-state index contributed by atoms with van der Waals surface area (Å²) in [7, 11) is 0. The fraction of sp³-hybridized carbons (Fsp3) is 0.111. The summed E-state index contributed by atoms with van der Waals surface area (Å²) < 4.78 is 1.62. The van der Waals surface area contributed by atoms with Gasteiger partial charge in [0.1, 0.15) is 12.2 Å². The summed E-state index contributed by atoms with van der Waals surface area (Å²) in [5.41, 5.74) is 6.77. The fourth-order valence-corrected chi connectivity index (χ4v) is 1.63. The van der Waals surface area contributed by atoms with Crippen LogP contribution >= 0.6 is 11.6 Å². The molecule has 0 saturated carbocycles. The van der Waals surface area contributed by atoms with Crippen molar-refractivity contribution in [2.24, 2.45) is 0 Å². The van der Waals surface area contributed by atoms with Crippen LogP contribution in [-0.4, -0.2) is 20.5 Å². The van der Waals surface area contributed by atoms with E-state index < -0.39 is 5.97 Å². The number of carboxylic acid groups (broad SMARTS) is 1. The molecule has 0 amide bonds. The van der Waals surface area contributed by atoms with Gasteiger partial charge in [-0.05, 0) is 12.1 Å². The Morgan fingerprint density at radius 3 is 3.07 bits per heavy atom. The monoisotopic (exact) mass is 225 g/mol. The molecule has 0 saturated heterocycles. The number of anilines is 1. The fourth-order valence-electron chi connectivity index (χ4n) is 1.38. The standard InChI is InChI=1S/C9H8ClN3O2/c10-9-6-3-5(11)1-2-13(6)7(12-9)4-8(14)15/h1-3H,4,11H2,(H,14,15). The van der Waals surface area contributed by atoms with Crippen LogP contribution in [0.2, 0.25) is 5.15 Å². The third-order valence-electron chi connectivity index (χ3n) is 2.00. The number of aromatic nitrogens is 2. The maximum Gasteiger partial charge on any atom is 0.311 e. The number of nitrogen functional groups attached to an aromatic ring is 1. The number of imidazole rings is 1. The van der Waals surface area contributed by atoms with Crippen LogP contribution in [0.5, 0.6) is 0 Å². The number of hydrogen-bond donors (Lipinski definition) is 2. The minimum absolute atomic E-state index is 0.169. The van der Waals surface area contributed by atoms with E-state index in [1.165, 1.54) is 0 Å². The molecule has 0 radical (unpaired) electrons. The molecule has 2 aromatic rings. The summed E-state index contributed by atoms with van der Waals surface area (Å²) in [5.74, 6) is -0.558. The van der Waals surface area contributed by atoms with Crippen LogP contribution < -0.4 is 5.73 Å². The second-order valence-electron chi connectivity index (χ2n) is 3.10. The molecule has 78 valence electrons. The Labute approximate surface area is 90.1 Å². The molecule has 0 unspecified atom stereocenters. The zero-order valence-electron chi connectivity index (χ0n) is 7.64. The summed E-state index contributed by atoms with van der Waals surface area (Å²) >= 11 is 5.85. The third kappa shape index (κ3) is 1.73. The molecule has 0 aliphatic rings. The summed E-state index contributed by atoms with van der Waals surface area (Å²) in [6.07, 6.45) is 1.49. The number of hydrogen-bond acceptors (Lipinski definition) is 3. The smallest absolute Gasteiger partial charge is 0.311 e. The lowest BCUT2D eigenvalue weighted by molar-refractivity contribution is -0.136. The van der Waals surface area contributed by atoms with E-state index >= 15 is 0 Å². The van der Waals surface area contributed by atoms with Gasteiger partial charge in [-0.1, -0.05) is 11.6 Å². The number of aliphatic carboxylic acids is 1. The zero-order chi connectivity index (χ0) is 11.0. The average Bonchev–Trinajstić information content (AvgIpc) is 2.42. The normalized spacial score (nSPS) is 10.7. The summed E-state index contributed by atoms with van der Waals surface area (Å²) in [4.78, 5) is 14.5. The van der Waals surface area contributed by atoms with Crippen molar-refractivity contribution in [1.29, 1.82) is 0 Å². The lowest BCUT2D eigenvalue weighted by Crippen LogP contribution is -2.04. The molecule has 0 bridgehead atoms. The highest BCUT2D eigenvalue weighted by molar-refractivity contribution is 6.32. The molecule has 0 aliphatic carbocycles. The van der Waals surface area contributed by atoms with Gasteiger partial charge in [0.15, 0.2) is 5.15 Å². The van der Waals surface area contributed by atoms with Gasteiger partial charge in [0, 0.05) is 11.9 Å². The Kier molecular flexibility index (Phi) is 2.24. The van der Waals surface area contributed by atoms with Gasteiger partial charge in [0.2, 0.25) is 0 Å². The first kappa shape index (κ1) is 9.79. The Morgan fingerprint density at radius 1 is 1.67 bits per heavy atom. The van der Waals surface area contributed by atoms with Crippen LogP contribution in [0, 0.1) is 0 Å². The molecule has 0 aromatic carbocycles. The van der Waals surface area contributed by atoms with Crippen LogP contribution in [0.1, 0.15) is 5.82 Å². The summed E-state index contributed by atoms with van der Waals surface area (Å²) in [6.45, 7) is 0. The molecule has 0 fully saturated rings. The second kappa shape index (κ2) is 3.43. The summed E-state index contributed by atoms with van der Waals surface area (Å²) in [6, 6.07) is 3.32. The minimum atomic E-state index is -0.949. The first-order valence-electron chi connectivity index (χ1n) is 4.21. The van der Waals surface area contributed by atoms with Crippen molar-refractivity contribution in [2.45, 2.75) is 6.42 Å². The molecule has 2 heterocycles. The average molecular weight is 226 g/mol. The van der Waals surface area contributed by atoms with Crippen molar-refractivity contribution >= 4 is 28.8 Å². The van der Waals surface area contributed by atoms with Crippen LogP contribution in [0.15, 0.2) is 18.3 Å². The highest BCUT2D eigenvalue weighted by atomic mass is 35.5. The number of pyridine rings is 1. The predicted molar refractivity (Wildman–Crippen MR) is 56.0 cm³/mol. The topological polar surface area (TPSA) is 80.6 Å². The predicted octanol–water partition coefficient (Wildman–Crippen LogP) is 1.20. The van der Waals surface area contributed by atoms with Gasteiger partial charge in [0.05, 0.1) is 5.52 Å². The van der Waals surface area contributed by atoms with Gasteiger partial charge in [-0.2, -0.15) is 0 Å². The van der Waals surface area contributed by atoms with Gasteiger partial charge in [-0.3, -0.25) is 4.79 Å². The molecule has 5 nitrogen and oxygen atoms in total. The molecule has 0 aliphatic heterocycles. The molecule has 0 spiro atoms. The van der Waals surface area contributed by atoms with Crippen molar-refractivity contribution in [3.8, 4) is 0 Å². The number of nitrogens with two attached hydrogens (primary N) is 1. The van der Waals surface area contributed by atoms with E-state index in [-0.39, 0.29) is 11.6 Å². The molecule has 2 aromatic heterocycles. The first-order valence-corrected chi connectivity index (χ1v) is 4.59. The number of rotatable bonds is 2. The van der Waals surface area contributed by atoms with E-state index in [9.17, 15) is 4.79 Å². The first-order chi connectivity index (χ1) is 7.08. The Hall–Kier alpha value is -1.75. The van der Waals surface area contributed by atoms with Crippen LogP contribution in [0.4, 0.5) is 5.69 Å². The number of nitrogens with zero attached hydrogens (tertiary/aromatic N) is 2. The quantitative estimate of drug-likeness (QED) is 0.805. The second-order valence-corrected chi connectivity index (χ2v) is 3.46.